The second kappa shape index (κ2) is 10.4. The number of pyridine rings is 1. The molecule has 11 nitrogen and oxygen atoms in total. The second-order valence-corrected chi connectivity index (χ2v) is 9.53. The minimum absolute atomic E-state index is 0.0181. The molecule has 0 spiro atoms. The number of hydrogen-bond acceptors (Lipinski definition) is 10. The topological polar surface area (TPSA) is 140 Å². The van der Waals surface area contributed by atoms with Crippen molar-refractivity contribution in [3.05, 3.63) is 96.4 Å². The van der Waals surface area contributed by atoms with Crippen molar-refractivity contribution in [3.63, 3.8) is 0 Å². The summed E-state index contributed by atoms with van der Waals surface area (Å²) in [5, 5.41) is 15.8. The van der Waals surface area contributed by atoms with E-state index in [-0.39, 0.29) is 11.9 Å². The minimum atomic E-state index is -0.439. The van der Waals surface area contributed by atoms with Crippen molar-refractivity contribution in [1.29, 1.82) is 5.26 Å². The molecule has 40 heavy (non-hydrogen) atoms. The van der Waals surface area contributed by atoms with Crippen molar-refractivity contribution >= 4 is 34.7 Å². The Bertz CT molecular complexity index is 1640. The fourth-order valence-corrected chi connectivity index (χ4v) is 5.10. The van der Waals surface area contributed by atoms with Gasteiger partial charge in [-0.1, -0.05) is 12.7 Å². The number of nitrogens with zero attached hydrogens (tertiary/aromatic N) is 9. The van der Waals surface area contributed by atoms with Crippen LogP contribution in [0, 0.1) is 17.2 Å². The smallest absolute Gasteiger partial charge is 0.254 e. The monoisotopic (exact) mass is 530 g/mol. The van der Waals surface area contributed by atoms with Crippen LogP contribution in [0.4, 0.5) is 5.82 Å². The number of rotatable bonds is 5. The summed E-state index contributed by atoms with van der Waals surface area (Å²) in [5.41, 5.74) is 10.6. The number of aliphatic imine (C=N–C) groups is 1. The second-order valence-electron chi connectivity index (χ2n) is 9.53. The van der Waals surface area contributed by atoms with Gasteiger partial charge in [0.2, 0.25) is 0 Å². The minimum Gasteiger partial charge on any atom is -0.404 e. The molecule has 1 amide bonds. The average Bonchev–Trinajstić information content (AvgIpc) is 3.44. The summed E-state index contributed by atoms with van der Waals surface area (Å²) in [6.45, 7) is 6.29. The van der Waals surface area contributed by atoms with Crippen molar-refractivity contribution in [2.45, 2.75) is 6.04 Å². The molecule has 1 aromatic carbocycles. The van der Waals surface area contributed by atoms with E-state index < -0.39 is 5.92 Å². The molecule has 2 aromatic heterocycles. The third-order valence-electron chi connectivity index (χ3n) is 7.26. The molecule has 6 rings (SSSR count). The van der Waals surface area contributed by atoms with Crippen LogP contribution in [0.5, 0.6) is 0 Å². The summed E-state index contributed by atoms with van der Waals surface area (Å²) in [6.07, 6.45) is 11.5. The molecule has 3 aromatic rings. The van der Waals surface area contributed by atoms with Gasteiger partial charge in [-0.05, 0) is 30.3 Å². The number of carbonyl (C=O) groups is 1. The Kier molecular flexibility index (Phi) is 6.49. The highest BCUT2D eigenvalue weighted by Crippen LogP contribution is 2.30. The summed E-state index contributed by atoms with van der Waals surface area (Å²) >= 11 is 0. The van der Waals surface area contributed by atoms with Gasteiger partial charge in [-0.15, -0.1) is 0 Å². The van der Waals surface area contributed by atoms with Crippen LogP contribution in [0.1, 0.15) is 15.9 Å². The van der Waals surface area contributed by atoms with Crippen molar-refractivity contribution in [1.82, 2.24) is 24.9 Å². The molecule has 2 unspecified atom stereocenters. The largest absolute Gasteiger partial charge is 0.404 e. The zero-order chi connectivity index (χ0) is 27.6. The zero-order valence-electron chi connectivity index (χ0n) is 21.6. The molecule has 11 heteroatoms. The summed E-state index contributed by atoms with van der Waals surface area (Å²) in [7, 11) is 0. The highest BCUT2D eigenvalue weighted by atomic mass is 16.2. The molecule has 0 radical (unpaired) electrons. The number of hydrogen-bond donors (Lipinski definition) is 1. The number of piperazine rings is 1. The van der Waals surface area contributed by atoms with Crippen molar-refractivity contribution in [2.75, 3.05) is 31.1 Å². The lowest BCUT2D eigenvalue weighted by atomic mass is 9.93. The predicted molar refractivity (Wildman–Crippen MR) is 152 cm³/mol. The highest BCUT2D eigenvalue weighted by molar-refractivity contribution is 6.08. The number of amides is 1. The summed E-state index contributed by atoms with van der Waals surface area (Å²) in [6, 6.07) is 11.3. The molecular formula is C29H26N10O. The van der Waals surface area contributed by atoms with Gasteiger partial charge in [-0.25, -0.2) is 9.98 Å². The van der Waals surface area contributed by atoms with E-state index in [1.165, 1.54) is 6.20 Å². The number of anilines is 1. The van der Waals surface area contributed by atoms with Crippen LogP contribution in [-0.4, -0.2) is 74.9 Å². The van der Waals surface area contributed by atoms with E-state index in [1.54, 1.807) is 54.2 Å². The first-order valence-electron chi connectivity index (χ1n) is 12.9. The Morgan fingerprint density at radius 3 is 2.58 bits per heavy atom. The number of benzene rings is 1. The predicted octanol–water partition coefficient (Wildman–Crippen LogP) is 2.47. The van der Waals surface area contributed by atoms with Crippen molar-refractivity contribution in [3.8, 4) is 6.07 Å². The normalized spacial score (nSPS) is 20.6. The number of nitriles is 1. The lowest BCUT2D eigenvalue weighted by Gasteiger charge is -2.35. The molecule has 198 valence electrons. The molecular weight excluding hydrogens is 504 g/mol. The van der Waals surface area contributed by atoms with Crippen molar-refractivity contribution in [2.24, 2.45) is 21.7 Å². The lowest BCUT2D eigenvalue weighted by Crippen LogP contribution is -2.49. The molecule has 1 saturated heterocycles. The van der Waals surface area contributed by atoms with E-state index in [4.69, 9.17) is 15.7 Å². The van der Waals surface area contributed by atoms with Gasteiger partial charge in [0.05, 0.1) is 34.7 Å². The number of aromatic nitrogens is 3. The number of allylic oxidation sites excluding steroid dienone is 1. The van der Waals surface area contributed by atoms with Crippen LogP contribution in [0.25, 0.3) is 11.0 Å². The molecule has 2 N–H and O–H groups in total. The molecule has 3 aliphatic rings. The van der Waals surface area contributed by atoms with Crippen LogP contribution in [0.15, 0.2) is 95.3 Å². The average molecular weight is 531 g/mol. The molecule has 0 bridgehead atoms. The van der Waals surface area contributed by atoms with Gasteiger partial charge in [0.25, 0.3) is 5.91 Å². The Balaban J connectivity index is 1.17. The zero-order valence-corrected chi connectivity index (χ0v) is 21.6. The van der Waals surface area contributed by atoms with Gasteiger partial charge in [0, 0.05) is 73.9 Å². The maximum Gasteiger partial charge on any atom is 0.254 e. The van der Waals surface area contributed by atoms with E-state index in [0.29, 0.717) is 54.2 Å². The van der Waals surface area contributed by atoms with Gasteiger partial charge in [-0.2, -0.15) is 10.4 Å². The van der Waals surface area contributed by atoms with Gasteiger partial charge in [-0.3, -0.25) is 19.8 Å². The maximum atomic E-state index is 13.1. The van der Waals surface area contributed by atoms with Gasteiger partial charge >= 0.3 is 0 Å². The number of fused-ring (bicyclic) bond motifs is 2. The van der Waals surface area contributed by atoms with E-state index in [9.17, 15) is 10.1 Å². The summed E-state index contributed by atoms with van der Waals surface area (Å²) in [5.74, 6) is 0.356. The quantitative estimate of drug-likeness (QED) is 0.496. The van der Waals surface area contributed by atoms with Gasteiger partial charge in [0.15, 0.2) is 0 Å². The van der Waals surface area contributed by atoms with Gasteiger partial charge < -0.3 is 15.5 Å². The number of carbonyl (C=O) groups excluding carboxylic acids is 1. The first-order chi connectivity index (χ1) is 19.6. The van der Waals surface area contributed by atoms with E-state index in [2.05, 4.69) is 32.6 Å². The van der Waals surface area contributed by atoms with Crippen LogP contribution >= 0.6 is 0 Å². The highest BCUT2D eigenvalue weighted by Gasteiger charge is 2.38. The summed E-state index contributed by atoms with van der Waals surface area (Å²) < 4.78 is 0. The van der Waals surface area contributed by atoms with Crippen molar-refractivity contribution < 1.29 is 4.79 Å². The Morgan fingerprint density at radius 2 is 1.88 bits per heavy atom. The third-order valence-corrected chi connectivity index (χ3v) is 7.26. The maximum absolute atomic E-state index is 13.1. The first-order valence-corrected chi connectivity index (χ1v) is 12.9. The fourth-order valence-electron chi connectivity index (χ4n) is 5.10. The van der Waals surface area contributed by atoms with E-state index in [0.717, 1.165) is 16.9 Å². The van der Waals surface area contributed by atoms with E-state index >= 15 is 0 Å². The third kappa shape index (κ3) is 4.45. The van der Waals surface area contributed by atoms with Gasteiger partial charge in [0.1, 0.15) is 17.8 Å². The SMILES string of the molecule is C=C/C(=C\N)C1=CN2N=CC(C#N)C2C(c2ccc(N3CCN(C(=O)c4ccc5nccnc5c4)CC3)nc2)=N1. The Labute approximate surface area is 231 Å². The number of hydrazone groups is 1. The van der Waals surface area contributed by atoms with E-state index in [1.807, 2.05) is 23.1 Å². The molecule has 1 fully saturated rings. The fraction of sp³-hybridized carbons (Fsp3) is 0.207. The van der Waals surface area contributed by atoms with Crippen LogP contribution in [0.2, 0.25) is 0 Å². The van der Waals surface area contributed by atoms with Crippen LogP contribution in [0.3, 0.4) is 0 Å². The number of nitrogens with two attached hydrogens (primary N) is 1. The Morgan fingerprint density at radius 1 is 1.07 bits per heavy atom. The lowest BCUT2D eigenvalue weighted by molar-refractivity contribution is 0.0746. The molecule has 2 atom stereocenters. The molecule has 0 saturated carbocycles. The molecule has 5 heterocycles. The Hall–Kier alpha value is -5.37. The van der Waals surface area contributed by atoms with Crippen LogP contribution in [-0.2, 0) is 0 Å². The molecule has 3 aliphatic heterocycles. The molecule has 0 aliphatic carbocycles. The first kappa shape index (κ1) is 24.9. The summed E-state index contributed by atoms with van der Waals surface area (Å²) in [4.78, 5) is 35.3. The van der Waals surface area contributed by atoms with Crippen LogP contribution < -0.4 is 10.6 Å². The standard InChI is InChI=1S/C29H26N10O/c1-2-19(14-30)25-18-39-28(22(15-31)17-35-39)27(36-25)21-4-6-26(34-16-21)37-9-11-38(12-10-37)29(40)20-3-5-23-24(13-20)33-8-7-32-23/h2-8,13-14,16-18,22,28H,1,9-12,30H2/b19-14+.